The van der Waals surface area contributed by atoms with E-state index in [0.717, 1.165) is 12.8 Å². The van der Waals surface area contributed by atoms with E-state index in [-0.39, 0.29) is 22.9 Å². The maximum Gasteiger partial charge on any atom is 0.251 e. The third-order valence-electron chi connectivity index (χ3n) is 4.68. The number of anilines is 1. The number of hydrogen-bond donors (Lipinski definition) is 2. The van der Waals surface area contributed by atoms with E-state index < -0.39 is 15.9 Å². The number of nitrogens with zero attached hydrogens (tertiary/aromatic N) is 1. The fourth-order valence-electron chi connectivity index (χ4n) is 3.12. The topological polar surface area (TPSA) is 105 Å². The molecule has 0 aliphatic carbocycles. The molecule has 2 aromatic carbocycles. The van der Waals surface area contributed by atoms with Gasteiger partial charge in [0, 0.05) is 24.3 Å². The van der Waals surface area contributed by atoms with Gasteiger partial charge < -0.3 is 15.4 Å². The standard InChI is InChI=1S/C21H25N3O5S/c1-2-29-18-9-7-17(8-10-18)23-20(25)15-22-21(26)16-5-11-19(12-6-16)30(27,28)24-13-3-4-14-24/h5-12H,2-4,13-15H2,1H3,(H,22,26)(H,23,25). The van der Waals surface area contributed by atoms with Gasteiger partial charge in [-0.05, 0) is 68.3 Å². The summed E-state index contributed by atoms with van der Waals surface area (Å²) in [5, 5.41) is 5.21. The first kappa shape index (κ1) is 21.8. The number of carbonyl (C=O) groups excluding carboxylic acids is 2. The van der Waals surface area contributed by atoms with Gasteiger partial charge in [0.15, 0.2) is 0 Å². The summed E-state index contributed by atoms with van der Waals surface area (Å²) in [6.07, 6.45) is 1.72. The van der Waals surface area contributed by atoms with Crippen LogP contribution in [-0.4, -0.2) is 50.8 Å². The van der Waals surface area contributed by atoms with E-state index in [1.165, 1.54) is 28.6 Å². The Bertz CT molecular complexity index is 982. The average Bonchev–Trinajstić information content (AvgIpc) is 3.30. The van der Waals surface area contributed by atoms with Crippen LogP contribution in [0.2, 0.25) is 0 Å². The van der Waals surface area contributed by atoms with Gasteiger partial charge in [0.05, 0.1) is 18.0 Å². The number of amides is 2. The largest absolute Gasteiger partial charge is 0.494 e. The van der Waals surface area contributed by atoms with E-state index in [2.05, 4.69) is 10.6 Å². The molecule has 1 fully saturated rings. The second-order valence-corrected chi connectivity index (χ2v) is 8.76. The van der Waals surface area contributed by atoms with Crippen LogP contribution in [0.15, 0.2) is 53.4 Å². The summed E-state index contributed by atoms with van der Waals surface area (Å²) in [5.74, 6) is -0.123. The van der Waals surface area contributed by atoms with Gasteiger partial charge in [0.2, 0.25) is 15.9 Å². The summed E-state index contributed by atoms with van der Waals surface area (Å²) < 4.78 is 31.8. The van der Waals surface area contributed by atoms with Crippen LogP contribution < -0.4 is 15.4 Å². The van der Waals surface area contributed by atoms with Gasteiger partial charge >= 0.3 is 0 Å². The monoisotopic (exact) mass is 431 g/mol. The molecule has 1 saturated heterocycles. The van der Waals surface area contributed by atoms with Crippen molar-refractivity contribution in [1.29, 1.82) is 0 Å². The Morgan fingerprint density at radius 3 is 2.23 bits per heavy atom. The van der Waals surface area contributed by atoms with Crippen molar-refractivity contribution < 1.29 is 22.7 Å². The Labute approximate surface area is 176 Å². The molecule has 0 atom stereocenters. The lowest BCUT2D eigenvalue weighted by Gasteiger charge is -2.15. The fourth-order valence-corrected chi connectivity index (χ4v) is 4.64. The van der Waals surface area contributed by atoms with Gasteiger partial charge in [-0.1, -0.05) is 0 Å². The Balaban J connectivity index is 1.52. The van der Waals surface area contributed by atoms with Crippen molar-refractivity contribution in [3.05, 3.63) is 54.1 Å². The number of ether oxygens (including phenoxy) is 1. The highest BCUT2D eigenvalue weighted by Gasteiger charge is 2.27. The Morgan fingerprint density at radius 2 is 1.63 bits per heavy atom. The Kier molecular flexibility index (Phi) is 7.07. The molecule has 0 radical (unpaired) electrons. The second-order valence-electron chi connectivity index (χ2n) is 6.82. The maximum atomic E-state index is 12.5. The van der Waals surface area contributed by atoms with E-state index in [0.29, 0.717) is 31.1 Å². The van der Waals surface area contributed by atoms with Crippen LogP contribution in [-0.2, 0) is 14.8 Å². The SMILES string of the molecule is CCOc1ccc(NC(=O)CNC(=O)c2ccc(S(=O)(=O)N3CCCC3)cc2)cc1. The molecule has 0 unspecified atom stereocenters. The van der Waals surface area contributed by atoms with E-state index in [1.807, 2.05) is 6.92 Å². The molecule has 8 nitrogen and oxygen atoms in total. The molecule has 0 saturated carbocycles. The van der Waals surface area contributed by atoms with Crippen molar-refractivity contribution in [1.82, 2.24) is 9.62 Å². The van der Waals surface area contributed by atoms with E-state index in [1.54, 1.807) is 24.3 Å². The van der Waals surface area contributed by atoms with Crippen LogP contribution in [0.4, 0.5) is 5.69 Å². The third-order valence-corrected chi connectivity index (χ3v) is 6.59. The normalized spacial score (nSPS) is 14.3. The molecule has 3 rings (SSSR count). The quantitative estimate of drug-likeness (QED) is 0.667. The van der Waals surface area contributed by atoms with Crippen molar-refractivity contribution in [3.63, 3.8) is 0 Å². The van der Waals surface area contributed by atoms with Crippen molar-refractivity contribution in [2.75, 3.05) is 31.6 Å². The molecule has 9 heteroatoms. The predicted octanol–water partition coefficient (Wildman–Crippen LogP) is 2.24. The highest BCUT2D eigenvalue weighted by molar-refractivity contribution is 7.89. The Morgan fingerprint density at radius 1 is 1.00 bits per heavy atom. The van der Waals surface area contributed by atoms with Crippen LogP contribution in [0.1, 0.15) is 30.1 Å². The van der Waals surface area contributed by atoms with Crippen LogP contribution in [0, 0.1) is 0 Å². The van der Waals surface area contributed by atoms with Gasteiger partial charge in [-0.2, -0.15) is 4.31 Å². The molecule has 2 amide bonds. The van der Waals surface area contributed by atoms with Gasteiger partial charge in [-0.3, -0.25) is 9.59 Å². The molecule has 0 aromatic heterocycles. The minimum absolute atomic E-state index is 0.161. The predicted molar refractivity (Wildman–Crippen MR) is 113 cm³/mol. The van der Waals surface area contributed by atoms with Gasteiger partial charge in [0.1, 0.15) is 5.75 Å². The highest BCUT2D eigenvalue weighted by Crippen LogP contribution is 2.21. The lowest BCUT2D eigenvalue weighted by atomic mass is 10.2. The molecule has 1 heterocycles. The average molecular weight is 432 g/mol. The number of nitrogens with one attached hydrogen (secondary N) is 2. The minimum atomic E-state index is -3.52. The molecule has 160 valence electrons. The van der Waals surface area contributed by atoms with Crippen LogP contribution in [0.25, 0.3) is 0 Å². The number of sulfonamides is 1. The second kappa shape index (κ2) is 9.73. The fraction of sp³-hybridized carbons (Fsp3) is 0.333. The highest BCUT2D eigenvalue weighted by atomic mass is 32.2. The summed E-state index contributed by atoms with van der Waals surface area (Å²) >= 11 is 0. The number of benzene rings is 2. The zero-order valence-electron chi connectivity index (χ0n) is 16.8. The van der Waals surface area contributed by atoms with Crippen LogP contribution in [0.3, 0.4) is 0 Å². The summed E-state index contributed by atoms with van der Waals surface area (Å²) in [7, 11) is -3.52. The summed E-state index contributed by atoms with van der Waals surface area (Å²) in [4.78, 5) is 24.5. The van der Waals surface area contributed by atoms with E-state index in [9.17, 15) is 18.0 Å². The summed E-state index contributed by atoms with van der Waals surface area (Å²) in [6.45, 7) is 3.28. The van der Waals surface area contributed by atoms with E-state index >= 15 is 0 Å². The summed E-state index contributed by atoms with van der Waals surface area (Å²) in [5.41, 5.74) is 0.874. The van der Waals surface area contributed by atoms with Gasteiger partial charge in [-0.25, -0.2) is 8.42 Å². The van der Waals surface area contributed by atoms with Crippen molar-refractivity contribution in [2.24, 2.45) is 0 Å². The maximum absolute atomic E-state index is 12.5. The van der Waals surface area contributed by atoms with E-state index in [4.69, 9.17) is 4.74 Å². The third kappa shape index (κ3) is 5.37. The van der Waals surface area contributed by atoms with Crippen LogP contribution >= 0.6 is 0 Å². The first-order valence-electron chi connectivity index (χ1n) is 9.81. The molecule has 2 N–H and O–H groups in total. The van der Waals surface area contributed by atoms with Gasteiger partial charge in [0.25, 0.3) is 5.91 Å². The Hall–Kier alpha value is -2.91. The number of hydrogen-bond acceptors (Lipinski definition) is 5. The molecule has 30 heavy (non-hydrogen) atoms. The first-order chi connectivity index (χ1) is 14.4. The molecule has 1 aliphatic rings. The zero-order valence-corrected chi connectivity index (χ0v) is 17.6. The molecular formula is C21H25N3O5S. The lowest BCUT2D eigenvalue weighted by molar-refractivity contribution is -0.115. The molecule has 0 bridgehead atoms. The molecular weight excluding hydrogens is 406 g/mol. The molecule has 2 aromatic rings. The van der Waals surface area contributed by atoms with Crippen molar-refractivity contribution in [3.8, 4) is 5.75 Å². The minimum Gasteiger partial charge on any atom is -0.494 e. The summed E-state index contributed by atoms with van der Waals surface area (Å²) in [6, 6.07) is 12.6. The van der Waals surface area contributed by atoms with Gasteiger partial charge in [-0.15, -0.1) is 0 Å². The number of carbonyl (C=O) groups is 2. The molecule has 1 aliphatic heterocycles. The smallest absolute Gasteiger partial charge is 0.251 e. The first-order valence-corrected chi connectivity index (χ1v) is 11.3. The van der Waals surface area contributed by atoms with Crippen molar-refractivity contribution in [2.45, 2.75) is 24.7 Å². The van der Waals surface area contributed by atoms with Crippen LogP contribution in [0.5, 0.6) is 5.75 Å². The lowest BCUT2D eigenvalue weighted by Crippen LogP contribution is -2.33. The zero-order chi connectivity index (χ0) is 21.6. The van der Waals surface area contributed by atoms with Crippen molar-refractivity contribution >= 4 is 27.5 Å². The number of rotatable bonds is 8. The molecule has 0 spiro atoms.